The first-order valence-electron chi connectivity index (χ1n) is 13.0. The number of fused-ring (bicyclic) bond motifs is 5. The molecule has 4 nitrogen and oxygen atoms in total. The van der Waals surface area contributed by atoms with Crippen molar-refractivity contribution in [1.82, 2.24) is 0 Å². The van der Waals surface area contributed by atoms with Crippen molar-refractivity contribution < 1.29 is 19.1 Å². The average molecular weight is 451 g/mol. The highest BCUT2D eigenvalue weighted by Crippen LogP contribution is 2.63. The average Bonchev–Trinajstić information content (AvgIpc) is 3.13. The van der Waals surface area contributed by atoms with E-state index in [1.165, 1.54) is 44.6 Å². The molecular formula is C29H38O4. The number of carbonyl (C=O) groups is 2. The Morgan fingerprint density at radius 1 is 1.06 bits per heavy atom. The first kappa shape index (κ1) is 22.7. The van der Waals surface area contributed by atoms with E-state index in [4.69, 9.17) is 9.47 Å². The van der Waals surface area contributed by atoms with Crippen LogP contribution in [-0.4, -0.2) is 24.6 Å². The van der Waals surface area contributed by atoms with Gasteiger partial charge in [0.05, 0.1) is 12.2 Å². The fourth-order valence-corrected chi connectivity index (χ4v) is 8.10. The molecule has 0 N–H and O–H groups in total. The summed E-state index contributed by atoms with van der Waals surface area (Å²) in [6, 6.07) is 9.32. The van der Waals surface area contributed by atoms with Crippen LogP contribution in [0.4, 0.5) is 0 Å². The minimum Gasteiger partial charge on any atom is -0.463 e. The molecule has 1 aromatic carbocycles. The van der Waals surface area contributed by atoms with Crippen molar-refractivity contribution in [3.05, 3.63) is 47.0 Å². The van der Waals surface area contributed by atoms with Gasteiger partial charge in [-0.05, 0) is 99.5 Å². The molecule has 0 radical (unpaired) electrons. The lowest BCUT2D eigenvalue weighted by molar-refractivity contribution is -0.155. The standard InChI is InChI=1S/C29H38O4/c1-18-21(17-32-28(31)20-7-5-4-6-8-20)15-26-24(18)11-12-27-25(26)10-9-22-16-23(33-19(2)30)13-14-29(22,27)3/h4-8,21-23,25-27H,9-17H2,1-3H3/t21-,22+,23+,25+,26-,27+,29+/m1/s1. The van der Waals surface area contributed by atoms with Gasteiger partial charge in [0.25, 0.3) is 0 Å². The zero-order valence-corrected chi connectivity index (χ0v) is 20.3. The quantitative estimate of drug-likeness (QED) is 0.396. The summed E-state index contributed by atoms with van der Waals surface area (Å²) < 4.78 is 11.4. The predicted octanol–water partition coefficient (Wildman–Crippen LogP) is 6.35. The number of hydrogen-bond donors (Lipinski definition) is 0. The first-order valence-corrected chi connectivity index (χ1v) is 13.0. The smallest absolute Gasteiger partial charge is 0.338 e. The van der Waals surface area contributed by atoms with E-state index in [1.54, 1.807) is 5.57 Å². The van der Waals surface area contributed by atoms with E-state index in [0.29, 0.717) is 35.3 Å². The third-order valence-electron chi connectivity index (χ3n) is 9.80. The van der Waals surface area contributed by atoms with Gasteiger partial charge in [-0.15, -0.1) is 0 Å². The van der Waals surface area contributed by atoms with Crippen LogP contribution in [0.1, 0.15) is 82.5 Å². The molecule has 0 aliphatic heterocycles. The Bertz CT molecular complexity index is 934. The summed E-state index contributed by atoms with van der Waals surface area (Å²) in [7, 11) is 0. The zero-order chi connectivity index (χ0) is 23.2. The van der Waals surface area contributed by atoms with E-state index < -0.39 is 0 Å². The number of benzene rings is 1. The van der Waals surface area contributed by atoms with Crippen LogP contribution in [0.3, 0.4) is 0 Å². The highest BCUT2D eigenvalue weighted by atomic mass is 16.5. The van der Waals surface area contributed by atoms with Gasteiger partial charge >= 0.3 is 11.9 Å². The number of allylic oxidation sites excluding steroid dienone is 1. The van der Waals surface area contributed by atoms with Gasteiger partial charge in [0.15, 0.2) is 0 Å². The minimum absolute atomic E-state index is 0.119. The van der Waals surface area contributed by atoms with E-state index in [0.717, 1.165) is 31.1 Å². The van der Waals surface area contributed by atoms with Crippen molar-refractivity contribution in [2.75, 3.05) is 6.61 Å². The molecule has 0 heterocycles. The summed E-state index contributed by atoms with van der Waals surface area (Å²) in [5.41, 5.74) is 4.17. The molecule has 7 atom stereocenters. The second kappa shape index (κ2) is 8.92. The maximum atomic E-state index is 12.5. The summed E-state index contributed by atoms with van der Waals surface area (Å²) in [5, 5.41) is 0. The third-order valence-corrected chi connectivity index (χ3v) is 9.80. The van der Waals surface area contributed by atoms with Gasteiger partial charge in [-0.25, -0.2) is 4.79 Å². The van der Waals surface area contributed by atoms with Crippen LogP contribution in [-0.2, 0) is 14.3 Å². The van der Waals surface area contributed by atoms with Crippen LogP contribution in [0.15, 0.2) is 41.5 Å². The van der Waals surface area contributed by atoms with Crippen LogP contribution >= 0.6 is 0 Å². The normalized spacial score (nSPS) is 37.5. The summed E-state index contributed by atoms with van der Waals surface area (Å²) in [5.74, 6) is 2.87. The fourth-order valence-electron chi connectivity index (χ4n) is 8.10. The lowest BCUT2D eigenvalue weighted by Crippen LogP contribution is -2.51. The molecule has 5 rings (SSSR count). The summed E-state index contributed by atoms with van der Waals surface area (Å²) in [6.45, 7) is 6.86. The summed E-state index contributed by atoms with van der Waals surface area (Å²) >= 11 is 0. The van der Waals surface area contributed by atoms with Crippen molar-refractivity contribution in [3.8, 4) is 0 Å². The Balaban J connectivity index is 1.25. The van der Waals surface area contributed by atoms with Gasteiger partial charge < -0.3 is 9.47 Å². The van der Waals surface area contributed by atoms with Crippen LogP contribution in [0.2, 0.25) is 0 Å². The number of esters is 2. The van der Waals surface area contributed by atoms with Gasteiger partial charge in [-0.1, -0.05) is 36.3 Å². The molecule has 3 saturated carbocycles. The van der Waals surface area contributed by atoms with Gasteiger partial charge in [-0.3, -0.25) is 4.79 Å². The van der Waals surface area contributed by atoms with Crippen molar-refractivity contribution in [3.63, 3.8) is 0 Å². The van der Waals surface area contributed by atoms with Crippen LogP contribution in [0.25, 0.3) is 0 Å². The summed E-state index contributed by atoms with van der Waals surface area (Å²) in [6.07, 6.45) is 9.53. The van der Waals surface area contributed by atoms with E-state index in [-0.39, 0.29) is 18.0 Å². The molecule has 0 saturated heterocycles. The Kier molecular flexibility index (Phi) is 6.13. The Hall–Kier alpha value is -2.10. The molecule has 33 heavy (non-hydrogen) atoms. The first-order chi connectivity index (χ1) is 15.9. The lowest BCUT2D eigenvalue weighted by atomic mass is 9.47. The van der Waals surface area contributed by atoms with Crippen LogP contribution in [0.5, 0.6) is 0 Å². The molecule has 3 fully saturated rings. The molecule has 0 unspecified atom stereocenters. The molecule has 1 aromatic rings. The molecule has 178 valence electrons. The monoisotopic (exact) mass is 450 g/mol. The highest BCUT2D eigenvalue weighted by molar-refractivity contribution is 5.89. The van der Waals surface area contributed by atoms with Crippen molar-refractivity contribution in [1.29, 1.82) is 0 Å². The van der Waals surface area contributed by atoms with E-state index in [2.05, 4.69) is 13.8 Å². The molecule has 4 aliphatic rings. The number of hydrogen-bond acceptors (Lipinski definition) is 4. The van der Waals surface area contributed by atoms with E-state index >= 15 is 0 Å². The summed E-state index contributed by atoms with van der Waals surface area (Å²) in [4.78, 5) is 24.0. The molecule has 0 bridgehead atoms. The van der Waals surface area contributed by atoms with Gasteiger partial charge in [0, 0.05) is 12.8 Å². The molecule has 0 spiro atoms. The second-order valence-corrected chi connectivity index (χ2v) is 11.3. The largest absolute Gasteiger partial charge is 0.463 e. The van der Waals surface area contributed by atoms with Crippen LogP contribution < -0.4 is 0 Å². The predicted molar refractivity (Wildman–Crippen MR) is 127 cm³/mol. The SMILES string of the molecule is CC(=O)O[C@H]1CC[C@@]2(C)[C@@H](CC[C@H]3[C@@H]4C[C@H](COC(=O)c5ccccc5)C(C)=C4CC[C@@H]32)C1. The molecular weight excluding hydrogens is 412 g/mol. The zero-order valence-electron chi connectivity index (χ0n) is 20.3. The van der Waals surface area contributed by atoms with Crippen molar-refractivity contribution in [2.24, 2.45) is 35.0 Å². The Morgan fingerprint density at radius 3 is 2.61 bits per heavy atom. The Labute approximate surface area is 198 Å². The fraction of sp³-hybridized carbons (Fsp3) is 0.655. The molecule has 4 heteroatoms. The second-order valence-electron chi connectivity index (χ2n) is 11.3. The van der Waals surface area contributed by atoms with Crippen molar-refractivity contribution >= 4 is 11.9 Å². The van der Waals surface area contributed by atoms with Gasteiger partial charge in [0.2, 0.25) is 0 Å². The Morgan fingerprint density at radius 2 is 1.85 bits per heavy atom. The molecule has 4 aliphatic carbocycles. The molecule has 0 amide bonds. The minimum atomic E-state index is -0.210. The molecule has 0 aromatic heterocycles. The van der Waals surface area contributed by atoms with Crippen LogP contribution in [0, 0.1) is 35.0 Å². The maximum Gasteiger partial charge on any atom is 0.338 e. The van der Waals surface area contributed by atoms with Gasteiger partial charge in [0.1, 0.15) is 6.10 Å². The topological polar surface area (TPSA) is 52.6 Å². The number of ether oxygens (including phenoxy) is 2. The number of rotatable bonds is 4. The third kappa shape index (κ3) is 4.15. The van der Waals surface area contributed by atoms with E-state index in [9.17, 15) is 9.59 Å². The number of carbonyl (C=O) groups excluding carboxylic acids is 2. The lowest BCUT2D eigenvalue weighted by Gasteiger charge is -2.58. The van der Waals surface area contributed by atoms with E-state index in [1.807, 2.05) is 30.3 Å². The van der Waals surface area contributed by atoms with Gasteiger partial charge in [-0.2, -0.15) is 0 Å². The maximum absolute atomic E-state index is 12.5. The highest BCUT2D eigenvalue weighted by Gasteiger charge is 2.55. The van der Waals surface area contributed by atoms with Crippen molar-refractivity contribution in [2.45, 2.75) is 78.2 Å².